The Hall–Kier alpha value is -2.56. The molecule has 1 aromatic carbocycles. The van der Waals surface area contributed by atoms with Crippen molar-refractivity contribution in [1.82, 2.24) is 19.1 Å². The van der Waals surface area contributed by atoms with Crippen LogP contribution in [-0.2, 0) is 25.8 Å². The van der Waals surface area contributed by atoms with E-state index in [0.29, 0.717) is 18.9 Å². The van der Waals surface area contributed by atoms with Crippen LogP contribution >= 0.6 is 15.9 Å². The number of unbranched alkanes of at least 4 members (excludes halogenated alkanes) is 1. The van der Waals surface area contributed by atoms with Crippen molar-refractivity contribution in [1.29, 1.82) is 0 Å². The molecule has 2 N–H and O–H groups in total. The lowest BCUT2D eigenvalue weighted by Crippen LogP contribution is -2.31. The Kier molecular flexibility index (Phi) is 6.39. The van der Waals surface area contributed by atoms with E-state index in [2.05, 4.69) is 31.2 Å². The molecular formula is C19H21BrF3N5O2. The Labute approximate surface area is 178 Å². The van der Waals surface area contributed by atoms with Crippen LogP contribution in [-0.4, -0.2) is 19.1 Å². The van der Waals surface area contributed by atoms with Crippen LogP contribution in [0.1, 0.15) is 38.1 Å². The van der Waals surface area contributed by atoms with E-state index in [9.17, 15) is 22.8 Å². The summed E-state index contributed by atoms with van der Waals surface area (Å²) >= 11 is 2.92. The molecule has 7 nitrogen and oxygen atoms in total. The van der Waals surface area contributed by atoms with Crippen LogP contribution in [0.15, 0.2) is 32.3 Å². The van der Waals surface area contributed by atoms with Gasteiger partial charge >= 0.3 is 11.9 Å². The highest BCUT2D eigenvalue weighted by atomic mass is 79.9. The van der Waals surface area contributed by atoms with Gasteiger partial charge in [0.1, 0.15) is 5.82 Å². The topological polar surface area (TPSA) is 84.7 Å². The summed E-state index contributed by atoms with van der Waals surface area (Å²) in [5.41, 5.74) is -1.03. The zero-order chi connectivity index (χ0) is 22.1. The molecule has 0 fully saturated rings. The van der Waals surface area contributed by atoms with Crippen LogP contribution in [0.3, 0.4) is 0 Å². The molecule has 0 spiro atoms. The maximum absolute atomic E-state index is 13.1. The number of nitrogens with zero attached hydrogens (tertiary/aromatic N) is 3. The zero-order valence-corrected chi connectivity index (χ0v) is 18.0. The Morgan fingerprint density at radius 2 is 1.93 bits per heavy atom. The van der Waals surface area contributed by atoms with E-state index in [4.69, 9.17) is 0 Å². The standard InChI is InChI=1S/C19H21BrF3N5O2/c1-3-5-8-28-16-15(17(29)26-18(28)30)27(4-2)14(25-16)10-24-11-6-7-13(20)12(9-11)19(21,22)23/h6-7,9,24H,3-5,8,10H2,1-2H3,(H,26,29,30). The Morgan fingerprint density at radius 3 is 2.57 bits per heavy atom. The van der Waals surface area contributed by atoms with E-state index in [-0.39, 0.29) is 27.9 Å². The Morgan fingerprint density at radius 1 is 1.20 bits per heavy atom. The number of aryl methyl sites for hydroxylation is 2. The van der Waals surface area contributed by atoms with E-state index in [1.807, 2.05) is 13.8 Å². The highest BCUT2D eigenvalue weighted by Crippen LogP contribution is 2.36. The van der Waals surface area contributed by atoms with E-state index < -0.39 is 23.0 Å². The average molecular weight is 488 g/mol. The number of alkyl halides is 3. The van der Waals surface area contributed by atoms with Gasteiger partial charge in [-0.3, -0.25) is 14.3 Å². The fraction of sp³-hybridized carbons (Fsp3) is 0.421. The summed E-state index contributed by atoms with van der Waals surface area (Å²) in [6.45, 7) is 4.73. The van der Waals surface area contributed by atoms with Gasteiger partial charge in [0.15, 0.2) is 11.2 Å². The van der Waals surface area contributed by atoms with Crippen molar-refractivity contribution in [3.05, 3.63) is 54.9 Å². The lowest BCUT2D eigenvalue weighted by molar-refractivity contribution is -0.138. The fourth-order valence-electron chi connectivity index (χ4n) is 3.25. The molecule has 0 atom stereocenters. The van der Waals surface area contributed by atoms with Crippen molar-refractivity contribution in [2.45, 2.75) is 52.5 Å². The van der Waals surface area contributed by atoms with Gasteiger partial charge in [0.25, 0.3) is 5.56 Å². The molecule has 0 amide bonds. The molecule has 0 aliphatic heterocycles. The number of hydrogen-bond donors (Lipinski definition) is 2. The molecule has 0 saturated heterocycles. The Balaban J connectivity index is 2.00. The molecule has 0 bridgehead atoms. The molecule has 11 heteroatoms. The quantitative estimate of drug-likeness (QED) is 0.525. The fourth-order valence-corrected chi connectivity index (χ4v) is 3.72. The highest BCUT2D eigenvalue weighted by Gasteiger charge is 2.33. The second-order valence-electron chi connectivity index (χ2n) is 6.75. The summed E-state index contributed by atoms with van der Waals surface area (Å²) in [6.07, 6.45) is -2.89. The first-order chi connectivity index (χ1) is 14.2. The minimum absolute atomic E-state index is 0.0483. The number of halogens is 4. The van der Waals surface area contributed by atoms with Crippen molar-refractivity contribution in [2.24, 2.45) is 0 Å². The van der Waals surface area contributed by atoms with Crippen molar-refractivity contribution in [3.63, 3.8) is 0 Å². The summed E-state index contributed by atoms with van der Waals surface area (Å²) in [5.74, 6) is 0.449. The van der Waals surface area contributed by atoms with E-state index in [0.717, 1.165) is 18.9 Å². The maximum Gasteiger partial charge on any atom is 0.417 e. The summed E-state index contributed by atoms with van der Waals surface area (Å²) in [6, 6.07) is 3.84. The SMILES string of the molecule is CCCCn1c(=O)[nH]c(=O)c2c1nc(CNc1ccc(Br)c(C(F)(F)F)c1)n2CC. The van der Waals surface area contributed by atoms with Gasteiger partial charge < -0.3 is 9.88 Å². The Bertz CT molecular complexity index is 1180. The number of H-pyrrole nitrogens is 1. The molecule has 0 saturated carbocycles. The second kappa shape index (κ2) is 8.66. The lowest BCUT2D eigenvalue weighted by Gasteiger charge is -2.13. The van der Waals surface area contributed by atoms with Gasteiger partial charge in [-0.2, -0.15) is 13.2 Å². The third-order valence-electron chi connectivity index (χ3n) is 4.74. The van der Waals surface area contributed by atoms with Crippen molar-refractivity contribution >= 4 is 32.8 Å². The average Bonchev–Trinajstić information content (AvgIpc) is 3.05. The van der Waals surface area contributed by atoms with Crippen LogP contribution in [0.2, 0.25) is 0 Å². The van der Waals surface area contributed by atoms with Gasteiger partial charge in [-0.15, -0.1) is 0 Å². The number of aromatic amines is 1. The minimum Gasteiger partial charge on any atom is -0.378 e. The number of rotatable bonds is 7. The lowest BCUT2D eigenvalue weighted by atomic mass is 10.2. The normalized spacial score (nSPS) is 11.9. The highest BCUT2D eigenvalue weighted by molar-refractivity contribution is 9.10. The van der Waals surface area contributed by atoms with Gasteiger partial charge in [0, 0.05) is 23.2 Å². The molecule has 30 heavy (non-hydrogen) atoms. The number of nitrogens with one attached hydrogen (secondary N) is 2. The van der Waals surface area contributed by atoms with Crippen molar-refractivity contribution in [2.75, 3.05) is 5.32 Å². The van der Waals surface area contributed by atoms with Gasteiger partial charge in [0.05, 0.1) is 12.1 Å². The molecule has 162 valence electrons. The van der Waals surface area contributed by atoms with E-state index in [1.54, 1.807) is 4.57 Å². The summed E-state index contributed by atoms with van der Waals surface area (Å²) < 4.78 is 42.4. The first-order valence-corrected chi connectivity index (χ1v) is 10.3. The van der Waals surface area contributed by atoms with E-state index >= 15 is 0 Å². The van der Waals surface area contributed by atoms with Gasteiger partial charge in [-0.05, 0) is 31.5 Å². The van der Waals surface area contributed by atoms with Crippen LogP contribution in [0.5, 0.6) is 0 Å². The first-order valence-electron chi connectivity index (χ1n) is 9.50. The molecule has 0 aliphatic rings. The largest absolute Gasteiger partial charge is 0.417 e. The molecule has 3 rings (SSSR count). The molecule has 2 aromatic heterocycles. The van der Waals surface area contributed by atoms with Crippen molar-refractivity contribution in [3.8, 4) is 0 Å². The molecule has 0 radical (unpaired) electrons. The third kappa shape index (κ3) is 4.30. The zero-order valence-electron chi connectivity index (χ0n) is 16.4. The summed E-state index contributed by atoms with van der Waals surface area (Å²) in [5, 5.41) is 2.93. The number of imidazole rings is 1. The summed E-state index contributed by atoms with van der Waals surface area (Å²) in [7, 11) is 0. The van der Waals surface area contributed by atoms with Crippen LogP contribution in [0.4, 0.5) is 18.9 Å². The van der Waals surface area contributed by atoms with Crippen LogP contribution in [0, 0.1) is 0 Å². The molecule has 0 aliphatic carbocycles. The predicted octanol–water partition coefficient (Wildman–Crippen LogP) is 4.10. The van der Waals surface area contributed by atoms with Gasteiger partial charge in [-0.25, -0.2) is 9.78 Å². The first kappa shape index (κ1) is 22.1. The number of anilines is 1. The molecule has 2 heterocycles. The number of aromatic nitrogens is 4. The number of hydrogen-bond acceptors (Lipinski definition) is 4. The van der Waals surface area contributed by atoms with Crippen LogP contribution < -0.4 is 16.6 Å². The van der Waals surface area contributed by atoms with Gasteiger partial charge in [-0.1, -0.05) is 29.3 Å². The maximum atomic E-state index is 13.1. The number of fused-ring (bicyclic) bond motifs is 1. The monoisotopic (exact) mass is 487 g/mol. The molecular weight excluding hydrogens is 467 g/mol. The minimum atomic E-state index is -4.49. The third-order valence-corrected chi connectivity index (χ3v) is 5.43. The molecule has 3 aromatic rings. The molecule has 0 unspecified atom stereocenters. The smallest absolute Gasteiger partial charge is 0.378 e. The summed E-state index contributed by atoms with van der Waals surface area (Å²) in [4.78, 5) is 31.4. The van der Waals surface area contributed by atoms with Crippen molar-refractivity contribution < 1.29 is 13.2 Å². The van der Waals surface area contributed by atoms with E-state index in [1.165, 1.54) is 16.7 Å². The van der Waals surface area contributed by atoms with Gasteiger partial charge in [0.2, 0.25) is 0 Å². The predicted molar refractivity (Wildman–Crippen MR) is 112 cm³/mol. The second-order valence-corrected chi connectivity index (χ2v) is 7.61. The van der Waals surface area contributed by atoms with Crippen LogP contribution in [0.25, 0.3) is 11.2 Å². The number of benzene rings is 1.